The van der Waals surface area contributed by atoms with Crippen LogP contribution >= 0.6 is 0 Å². The number of unbranched alkanes of at least 4 members (excludes halogenated alkanes) is 1. The molecule has 2 rings (SSSR count). The van der Waals surface area contributed by atoms with Crippen LogP contribution < -0.4 is 12.4 Å². The molecule has 0 amide bonds. The van der Waals surface area contributed by atoms with Gasteiger partial charge in [-0.15, -0.1) is 0 Å². The third-order valence-electron chi connectivity index (χ3n) is 3.48. The SMILES string of the molecule is CCC[CH2][Sn+]([CH2]c1ccccc1)[CH2]c1ccccc1.[Cl-]. The number of rotatable bonds is 7. The number of hydrogen-bond donors (Lipinski definition) is 0. The summed E-state index contributed by atoms with van der Waals surface area (Å²) < 4.78 is 4.33. The first kappa shape index (κ1) is 17.6. The van der Waals surface area contributed by atoms with Crippen LogP contribution in [0.25, 0.3) is 0 Å². The van der Waals surface area contributed by atoms with Crippen molar-refractivity contribution in [2.24, 2.45) is 0 Å². The molecular weight excluding hydrogens is 370 g/mol. The van der Waals surface area contributed by atoms with Gasteiger partial charge in [0.05, 0.1) is 0 Å². The average molecular weight is 394 g/mol. The molecule has 0 N–H and O–H groups in total. The molecular formula is C18H23ClSn. The summed E-state index contributed by atoms with van der Waals surface area (Å²) in [5, 5.41) is 0. The summed E-state index contributed by atoms with van der Waals surface area (Å²) in [5.74, 6) is 0. The van der Waals surface area contributed by atoms with Crippen LogP contribution in [0.15, 0.2) is 60.7 Å². The molecule has 0 heterocycles. The molecule has 2 aromatic carbocycles. The van der Waals surface area contributed by atoms with Gasteiger partial charge in [-0.3, -0.25) is 0 Å². The minimum absolute atomic E-state index is 0. The van der Waals surface area contributed by atoms with Crippen LogP contribution in [0.2, 0.25) is 4.44 Å². The summed E-state index contributed by atoms with van der Waals surface area (Å²) in [7, 11) is 0. The summed E-state index contributed by atoms with van der Waals surface area (Å²) in [6, 6.07) is 22.2. The van der Waals surface area contributed by atoms with E-state index in [1.165, 1.54) is 26.2 Å². The van der Waals surface area contributed by atoms with E-state index in [0.717, 1.165) is 0 Å². The zero-order valence-corrected chi connectivity index (χ0v) is 15.8. The topological polar surface area (TPSA) is 0 Å². The van der Waals surface area contributed by atoms with Gasteiger partial charge in [0.25, 0.3) is 0 Å². The second-order valence-corrected chi connectivity index (χ2v) is 12.9. The van der Waals surface area contributed by atoms with Crippen molar-refractivity contribution >= 4 is 19.8 Å². The Morgan fingerprint density at radius 1 is 0.750 bits per heavy atom. The Labute approximate surface area is 136 Å². The smallest absolute Gasteiger partial charge is 1.00 e. The van der Waals surface area contributed by atoms with Crippen molar-refractivity contribution in [3.63, 3.8) is 0 Å². The van der Waals surface area contributed by atoms with E-state index < -0.39 is 19.8 Å². The Bertz CT molecular complexity index is 414. The quantitative estimate of drug-likeness (QED) is 0.630. The fourth-order valence-corrected chi connectivity index (χ4v) is 10.9. The molecule has 0 spiro atoms. The molecule has 0 radical (unpaired) electrons. The van der Waals surface area contributed by atoms with Crippen molar-refractivity contribution in [2.75, 3.05) is 0 Å². The second-order valence-electron chi connectivity index (χ2n) is 5.18. The summed E-state index contributed by atoms with van der Waals surface area (Å²) in [6.45, 7) is 2.31. The molecule has 0 aliphatic heterocycles. The van der Waals surface area contributed by atoms with E-state index >= 15 is 0 Å². The Hall–Kier alpha value is -0.471. The van der Waals surface area contributed by atoms with Crippen molar-refractivity contribution in [2.45, 2.75) is 33.1 Å². The number of hydrogen-bond acceptors (Lipinski definition) is 0. The predicted octanol–water partition coefficient (Wildman–Crippen LogP) is 1.85. The first-order chi connectivity index (χ1) is 9.38. The molecule has 0 fully saturated rings. The molecule has 2 aromatic rings. The largest absolute Gasteiger partial charge is 1.00 e. The van der Waals surface area contributed by atoms with Crippen LogP contribution in [-0.2, 0) is 8.87 Å². The molecule has 0 aliphatic carbocycles. The van der Waals surface area contributed by atoms with Gasteiger partial charge in [-0.05, 0) is 0 Å². The van der Waals surface area contributed by atoms with Gasteiger partial charge in [-0.1, -0.05) is 0 Å². The minimum atomic E-state index is -1.32. The van der Waals surface area contributed by atoms with Crippen molar-refractivity contribution in [1.29, 1.82) is 0 Å². The fourth-order valence-electron chi connectivity index (χ4n) is 2.44. The average Bonchev–Trinajstić information content (AvgIpc) is 2.47. The van der Waals surface area contributed by atoms with Gasteiger partial charge in [0.15, 0.2) is 0 Å². The maximum absolute atomic E-state index is 2.31. The van der Waals surface area contributed by atoms with Crippen LogP contribution in [0.4, 0.5) is 0 Å². The molecule has 106 valence electrons. The van der Waals surface area contributed by atoms with Crippen LogP contribution in [0.1, 0.15) is 30.9 Å². The Morgan fingerprint density at radius 2 is 1.20 bits per heavy atom. The summed E-state index contributed by atoms with van der Waals surface area (Å²) >= 11 is -1.32. The van der Waals surface area contributed by atoms with Gasteiger partial charge in [0, 0.05) is 0 Å². The van der Waals surface area contributed by atoms with E-state index in [1.807, 2.05) is 0 Å². The molecule has 2 heteroatoms. The molecule has 0 saturated carbocycles. The predicted molar refractivity (Wildman–Crippen MR) is 85.8 cm³/mol. The van der Waals surface area contributed by atoms with Gasteiger partial charge in [-0.25, -0.2) is 0 Å². The molecule has 0 saturated heterocycles. The number of benzene rings is 2. The summed E-state index contributed by atoms with van der Waals surface area (Å²) in [6.07, 6.45) is 2.77. The van der Waals surface area contributed by atoms with E-state index in [9.17, 15) is 0 Å². The van der Waals surface area contributed by atoms with Gasteiger partial charge < -0.3 is 12.4 Å². The van der Waals surface area contributed by atoms with Crippen molar-refractivity contribution in [3.05, 3.63) is 71.8 Å². The van der Waals surface area contributed by atoms with E-state index in [2.05, 4.69) is 67.6 Å². The number of halogens is 1. The zero-order chi connectivity index (χ0) is 13.3. The molecule has 0 aromatic heterocycles. The van der Waals surface area contributed by atoms with E-state index in [0.29, 0.717) is 0 Å². The first-order valence-corrected chi connectivity index (χ1v) is 13.4. The Balaban J connectivity index is 0.00000200. The van der Waals surface area contributed by atoms with Gasteiger partial charge >= 0.3 is 125 Å². The van der Waals surface area contributed by atoms with E-state index in [1.54, 1.807) is 11.1 Å². The molecule has 0 atom stereocenters. The summed E-state index contributed by atoms with van der Waals surface area (Å²) in [4.78, 5) is 0. The maximum Gasteiger partial charge on any atom is -1.00 e. The van der Waals surface area contributed by atoms with E-state index in [4.69, 9.17) is 0 Å². The molecule has 0 aliphatic rings. The van der Waals surface area contributed by atoms with Crippen LogP contribution in [0.5, 0.6) is 0 Å². The third kappa shape index (κ3) is 6.32. The Morgan fingerprint density at radius 3 is 1.60 bits per heavy atom. The first-order valence-electron chi connectivity index (χ1n) is 7.30. The van der Waals surface area contributed by atoms with Crippen molar-refractivity contribution < 1.29 is 12.4 Å². The normalized spacial score (nSPS) is 9.85. The Kier molecular flexibility index (Phi) is 9.04. The van der Waals surface area contributed by atoms with Crippen LogP contribution in [0, 0.1) is 0 Å². The van der Waals surface area contributed by atoms with Gasteiger partial charge in [0.2, 0.25) is 0 Å². The molecule has 0 bridgehead atoms. The van der Waals surface area contributed by atoms with Crippen LogP contribution in [0.3, 0.4) is 0 Å². The van der Waals surface area contributed by atoms with Gasteiger partial charge in [-0.2, -0.15) is 0 Å². The van der Waals surface area contributed by atoms with Crippen molar-refractivity contribution in [3.8, 4) is 0 Å². The fraction of sp³-hybridized carbons (Fsp3) is 0.333. The summed E-state index contributed by atoms with van der Waals surface area (Å²) in [5.41, 5.74) is 3.12. The van der Waals surface area contributed by atoms with Gasteiger partial charge in [0.1, 0.15) is 0 Å². The molecule has 0 nitrogen and oxygen atoms in total. The van der Waals surface area contributed by atoms with Crippen molar-refractivity contribution in [1.82, 2.24) is 0 Å². The molecule has 0 unspecified atom stereocenters. The molecule has 20 heavy (non-hydrogen) atoms. The second kappa shape index (κ2) is 10.3. The standard InChI is InChI=1S/2C7H7.C4H9.ClH.Sn/c2*1-7-5-3-2-4-6-7;1-3-4-2;;/h2*2-6H,1H2;1,3-4H2,2H3;1H;/q;;;;+1/p-1. The monoisotopic (exact) mass is 394 g/mol. The van der Waals surface area contributed by atoms with Crippen LogP contribution in [-0.4, -0.2) is 19.8 Å². The third-order valence-corrected chi connectivity index (χ3v) is 11.7. The van der Waals surface area contributed by atoms with E-state index in [-0.39, 0.29) is 12.4 Å². The minimum Gasteiger partial charge on any atom is -1.00 e. The maximum atomic E-state index is 2.31. The zero-order valence-electron chi connectivity index (χ0n) is 12.2.